The van der Waals surface area contributed by atoms with Crippen LogP contribution >= 0.6 is 0 Å². The first kappa shape index (κ1) is 29.3. The summed E-state index contributed by atoms with van der Waals surface area (Å²) >= 11 is 0. The van der Waals surface area contributed by atoms with Crippen LogP contribution in [0.3, 0.4) is 0 Å². The van der Waals surface area contributed by atoms with Crippen LogP contribution in [0, 0.1) is 5.82 Å². The standard InChI is InChI=1S/C35H26FN7O4/c1-42-19-23(18-40-42)31-29(22-5-2-4-21(16-22)17-37)30-33(38-20-39-34(30)47-31)46-27-13-9-25(10-14-27)41-32(44)28-6-3-15-43(35(28)45)26-11-7-24(36)8-12-26/h2-16,18-20H,17,37H2,1H3,(H,41,44). The summed E-state index contributed by atoms with van der Waals surface area (Å²) in [6.07, 6.45) is 6.44. The second kappa shape index (κ2) is 12.2. The number of fused-ring (bicyclic) bond motifs is 1. The number of furan rings is 1. The predicted octanol–water partition coefficient (Wildman–Crippen LogP) is 6.08. The van der Waals surface area contributed by atoms with Crippen molar-refractivity contribution in [3.05, 3.63) is 137 Å². The Morgan fingerprint density at radius 1 is 1.00 bits per heavy atom. The third-order valence-corrected chi connectivity index (χ3v) is 7.50. The molecule has 47 heavy (non-hydrogen) atoms. The molecule has 7 aromatic rings. The Balaban J connectivity index is 1.18. The maximum atomic E-state index is 13.4. The van der Waals surface area contributed by atoms with Crippen LogP contribution in [0.15, 0.2) is 119 Å². The number of aromatic nitrogens is 5. The van der Waals surface area contributed by atoms with Gasteiger partial charge in [-0.3, -0.25) is 18.8 Å². The average molecular weight is 628 g/mol. The Hall–Kier alpha value is -6.40. The molecule has 4 aromatic heterocycles. The maximum absolute atomic E-state index is 13.4. The summed E-state index contributed by atoms with van der Waals surface area (Å²) in [5, 5.41) is 7.62. The largest absolute Gasteiger partial charge is 0.438 e. The summed E-state index contributed by atoms with van der Waals surface area (Å²) in [4.78, 5) is 35.0. The molecule has 0 spiro atoms. The van der Waals surface area contributed by atoms with Gasteiger partial charge in [-0.25, -0.2) is 14.4 Å². The zero-order valence-electron chi connectivity index (χ0n) is 24.9. The minimum Gasteiger partial charge on any atom is -0.438 e. The fourth-order valence-electron chi connectivity index (χ4n) is 5.24. The zero-order valence-corrected chi connectivity index (χ0v) is 24.9. The molecule has 12 heteroatoms. The molecule has 0 fully saturated rings. The Bertz CT molecular complexity index is 2310. The molecule has 0 unspecified atom stereocenters. The topological polar surface area (TPSA) is 143 Å². The minimum atomic E-state index is -0.594. The molecule has 0 saturated carbocycles. The van der Waals surface area contributed by atoms with Crippen molar-refractivity contribution in [2.45, 2.75) is 6.54 Å². The van der Waals surface area contributed by atoms with Crippen LogP contribution in [-0.4, -0.2) is 30.2 Å². The highest BCUT2D eigenvalue weighted by atomic mass is 19.1. The quantitative estimate of drug-likeness (QED) is 0.206. The van der Waals surface area contributed by atoms with E-state index < -0.39 is 17.3 Å². The van der Waals surface area contributed by atoms with Crippen molar-refractivity contribution in [2.24, 2.45) is 12.8 Å². The summed E-state index contributed by atoms with van der Waals surface area (Å²) in [5.41, 5.74) is 9.82. The zero-order chi connectivity index (χ0) is 32.5. The van der Waals surface area contributed by atoms with Crippen molar-refractivity contribution in [1.82, 2.24) is 24.3 Å². The Labute approximate surface area is 266 Å². The molecule has 11 nitrogen and oxygen atoms in total. The van der Waals surface area contributed by atoms with E-state index in [-0.39, 0.29) is 11.4 Å². The number of benzene rings is 3. The van der Waals surface area contributed by atoms with Gasteiger partial charge in [0.05, 0.1) is 11.8 Å². The molecular formula is C35H26FN7O4. The maximum Gasteiger partial charge on any atom is 0.267 e. The molecule has 4 heterocycles. The first-order valence-electron chi connectivity index (χ1n) is 14.5. The predicted molar refractivity (Wildman–Crippen MR) is 174 cm³/mol. The van der Waals surface area contributed by atoms with E-state index in [9.17, 15) is 14.0 Å². The normalized spacial score (nSPS) is 11.1. The molecule has 232 valence electrons. The van der Waals surface area contributed by atoms with Gasteiger partial charge in [0.2, 0.25) is 11.6 Å². The molecule has 0 aliphatic carbocycles. The lowest BCUT2D eigenvalue weighted by Gasteiger charge is -2.10. The third-order valence-electron chi connectivity index (χ3n) is 7.50. The number of pyridine rings is 1. The van der Waals surface area contributed by atoms with E-state index in [0.717, 1.165) is 22.3 Å². The van der Waals surface area contributed by atoms with E-state index in [0.29, 0.717) is 40.5 Å². The molecule has 0 saturated heterocycles. The van der Waals surface area contributed by atoms with Gasteiger partial charge in [0.15, 0.2) is 0 Å². The lowest BCUT2D eigenvalue weighted by Crippen LogP contribution is -2.27. The van der Waals surface area contributed by atoms with Gasteiger partial charge in [-0.1, -0.05) is 18.2 Å². The molecule has 0 aliphatic heterocycles. The van der Waals surface area contributed by atoms with Crippen molar-refractivity contribution in [2.75, 3.05) is 5.32 Å². The molecule has 3 N–H and O–H groups in total. The van der Waals surface area contributed by atoms with Crippen molar-refractivity contribution >= 4 is 22.7 Å². The lowest BCUT2D eigenvalue weighted by atomic mass is 9.99. The number of nitrogens with two attached hydrogens (primary N) is 1. The summed E-state index contributed by atoms with van der Waals surface area (Å²) in [6, 6.07) is 22.9. The average Bonchev–Trinajstić information content (AvgIpc) is 3.70. The molecule has 0 bridgehead atoms. The van der Waals surface area contributed by atoms with E-state index in [1.165, 1.54) is 47.4 Å². The number of amides is 1. The number of hydrogen-bond acceptors (Lipinski definition) is 8. The van der Waals surface area contributed by atoms with Crippen LogP contribution in [0.1, 0.15) is 15.9 Å². The van der Waals surface area contributed by atoms with Gasteiger partial charge in [-0.2, -0.15) is 5.10 Å². The molecule has 0 aliphatic rings. The SMILES string of the molecule is Cn1cc(-c2oc3ncnc(Oc4ccc(NC(=O)c5cccn(-c6ccc(F)cc6)c5=O)cc4)c3c2-c2cccc(CN)c2)cn1. The first-order chi connectivity index (χ1) is 22.9. The van der Waals surface area contributed by atoms with Crippen molar-refractivity contribution in [3.8, 4) is 39.8 Å². The number of anilines is 1. The smallest absolute Gasteiger partial charge is 0.267 e. The van der Waals surface area contributed by atoms with Crippen LogP contribution in [0.4, 0.5) is 10.1 Å². The molecule has 7 rings (SSSR count). The minimum absolute atomic E-state index is 0.0730. The molecule has 3 aromatic carbocycles. The monoisotopic (exact) mass is 627 g/mol. The van der Waals surface area contributed by atoms with Gasteiger partial charge in [-0.15, -0.1) is 0 Å². The number of nitrogens with zero attached hydrogens (tertiary/aromatic N) is 5. The van der Waals surface area contributed by atoms with Crippen LogP contribution in [0.5, 0.6) is 11.6 Å². The molecule has 1 amide bonds. The van der Waals surface area contributed by atoms with Crippen LogP contribution in [-0.2, 0) is 13.6 Å². The van der Waals surface area contributed by atoms with Gasteiger partial charge in [-0.05, 0) is 77.9 Å². The van der Waals surface area contributed by atoms with Crippen LogP contribution in [0.2, 0.25) is 0 Å². The van der Waals surface area contributed by atoms with Crippen molar-refractivity contribution < 1.29 is 18.3 Å². The van der Waals surface area contributed by atoms with Crippen molar-refractivity contribution in [1.29, 1.82) is 0 Å². The van der Waals surface area contributed by atoms with Crippen LogP contribution < -0.4 is 21.3 Å². The third kappa shape index (κ3) is 5.76. The van der Waals surface area contributed by atoms with Crippen molar-refractivity contribution in [3.63, 3.8) is 0 Å². The summed E-state index contributed by atoms with van der Waals surface area (Å²) in [5.74, 6) is 0.245. The second-order valence-corrected chi connectivity index (χ2v) is 10.6. The fourth-order valence-corrected chi connectivity index (χ4v) is 5.24. The number of aryl methyl sites for hydroxylation is 1. The number of carbonyl (C=O) groups is 1. The van der Waals surface area contributed by atoms with Gasteiger partial charge >= 0.3 is 0 Å². The highest BCUT2D eigenvalue weighted by Crippen LogP contribution is 2.44. The van der Waals surface area contributed by atoms with E-state index >= 15 is 0 Å². The summed E-state index contributed by atoms with van der Waals surface area (Å²) in [6.45, 7) is 0.364. The summed E-state index contributed by atoms with van der Waals surface area (Å²) < 4.78 is 28.8. The molecular weight excluding hydrogens is 601 g/mol. The highest BCUT2D eigenvalue weighted by molar-refractivity contribution is 6.04. The lowest BCUT2D eigenvalue weighted by molar-refractivity contribution is 0.102. The number of hydrogen-bond donors (Lipinski definition) is 2. The number of rotatable bonds is 8. The highest BCUT2D eigenvalue weighted by Gasteiger charge is 2.24. The first-order valence-corrected chi connectivity index (χ1v) is 14.5. The van der Waals surface area contributed by atoms with Gasteiger partial charge < -0.3 is 20.2 Å². The summed E-state index contributed by atoms with van der Waals surface area (Å²) in [7, 11) is 1.82. The Kier molecular flexibility index (Phi) is 7.60. The van der Waals surface area contributed by atoms with E-state index in [1.807, 2.05) is 37.5 Å². The van der Waals surface area contributed by atoms with E-state index in [1.54, 1.807) is 41.2 Å². The van der Waals surface area contributed by atoms with E-state index in [4.69, 9.17) is 14.9 Å². The van der Waals surface area contributed by atoms with Crippen LogP contribution in [0.25, 0.3) is 39.2 Å². The Morgan fingerprint density at radius 3 is 2.55 bits per heavy atom. The number of halogens is 1. The molecule has 0 radical (unpaired) electrons. The number of nitrogens with one attached hydrogen (secondary N) is 1. The van der Waals surface area contributed by atoms with Gasteiger partial charge in [0, 0.05) is 42.9 Å². The number of ether oxygens (including phenoxy) is 1. The second-order valence-electron chi connectivity index (χ2n) is 10.6. The fraction of sp³-hybridized carbons (Fsp3) is 0.0571. The van der Waals surface area contributed by atoms with Gasteiger partial charge in [0.1, 0.15) is 34.6 Å². The Morgan fingerprint density at radius 2 is 1.81 bits per heavy atom. The number of carbonyl (C=O) groups excluding carboxylic acids is 1. The van der Waals surface area contributed by atoms with E-state index in [2.05, 4.69) is 20.4 Å². The van der Waals surface area contributed by atoms with Gasteiger partial charge in [0.25, 0.3) is 11.5 Å². The molecule has 0 atom stereocenters.